The highest BCUT2D eigenvalue weighted by Crippen LogP contribution is 2.26. The Kier molecular flexibility index (Phi) is 10.8. The Morgan fingerprint density at radius 1 is 0.946 bits per heavy atom. The second kappa shape index (κ2) is 14.1. The van der Waals surface area contributed by atoms with E-state index in [-0.39, 0.29) is 25.0 Å². The van der Waals surface area contributed by atoms with E-state index in [1.54, 1.807) is 17.0 Å². The lowest BCUT2D eigenvalue weighted by Gasteiger charge is -2.31. The van der Waals surface area contributed by atoms with Gasteiger partial charge in [-0.25, -0.2) is 0 Å². The maximum atomic E-state index is 13.7. The van der Waals surface area contributed by atoms with Crippen LogP contribution < -0.4 is 10.1 Å². The van der Waals surface area contributed by atoms with Gasteiger partial charge in [-0.3, -0.25) is 9.59 Å². The van der Waals surface area contributed by atoms with Gasteiger partial charge in [0.1, 0.15) is 11.8 Å². The van der Waals surface area contributed by atoms with Crippen LogP contribution in [0.15, 0.2) is 66.7 Å². The zero-order valence-corrected chi connectivity index (χ0v) is 23.1. The molecule has 0 unspecified atom stereocenters. The molecule has 0 aliphatic rings. The number of halogens is 2. The van der Waals surface area contributed by atoms with Gasteiger partial charge in [0.05, 0.1) is 0 Å². The Hall–Kier alpha value is -3.02. The van der Waals surface area contributed by atoms with E-state index < -0.39 is 6.04 Å². The third-order valence-corrected chi connectivity index (χ3v) is 6.99. The number of rotatable bonds is 12. The first kappa shape index (κ1) is 28.5. The van der Waals surface area contributed by atoms with Crippen molar-refractivity contribution in [3.8, 4) is 5.75 Å². The van der Waals surface area contributed by atoms with E-state index in [0.717, 1.165) is 35.1 Å². The predicted molar refractivity (Wildman–Crippen MR) is 150 cm³/mol. The maximum absolute atomic E-state index is 13.7. The van der Waals surface area contributed by atoms with Crippen molar-refractivity contribution >= 4 is 35.0 Å². The van der Waals surface area contributed by atoms with Gasteiger partial charge in [-0.05, 0) is 66.8 Å². The number of hydrogen-bond acceptors (Lipinski definition) is 3. The Morgan fingerprint density at radius 3 is 2.22 bits per heavy atom. The highest BCUT2D eigenvalue weighted by atomic mass is 35.5. The standard InChI is InChI=1S/C30H34Cl2N2O3/c1-4-5-15-33-30(36)27(18-23-9-7-6-8-10-23)34(19-24-11-13-25(31)14-12-24)28(35)20-37-26-16-21(2)29(32)22(3)17-26/h6-14,16-17,27H,4-5,15,18-20H2,1-3H3,(H,33,36)/t27-/m1/s1. The van der Waals surface area contributed by atoms with E-state index in [9.17, 15) is 9.59 Å². The normalized spacial score (nSPS) is 11.6. The monoisotopic (exact) mass is 540 g/mol. The number of nitrogens with one attached hydrogen (secondary N) is 1. The van der Waals surface area contributed by atoms with E-state index in [2.05, 4.69) is 12.2 Å². The van der Waals surface area contributed by atoms with Crippen molar-refractivity contribution < 1.29 is 14.3 Å². The summed E-state index contributed by atoms with van der Waals surface area (Å²) in [6, 6.07) is 19.9. The van der Waals surface area contributed by atoms with Crippen molar-refractivity contribution in [1.29, 1.82) is 0 Å². The number of hydrogen-bond donors (Lipinski definition) is 1. The topological polar surface area (TPSA) is 58.6 Å². The summed E-state index contributed by atoms with van der Waals surface area (Å²) in [6.07, 6.45) is 2.22. The summed E-state index contributed by atoms with van der Waals surface area (Å²) < 4.78 is 5.90. The van der Waals surface area contributed by atoms with Crippen LogP contribution in [0.25, 0.3) is 0 Å². The molecule has 0 spiro atoms. The molecule has 0 bridgehead atoms. The second-order valence-corrected chi connectivity index (χ2v) is 9.97. The second-order valence-electron chi connectivity index (χ2n) is 9.16. The molecule has 2 amide bonds. The van der Waals surface area contributed by atoms with Crippen LogP contribution >= 0.6 is 23.2 Å². The number of unbranched alkanes of at least 4 members (excludes halogenated alkanes) is 1. The van der Waals surface area contributed by atoms with Gasteiger partial charge in [0, 0.05) is 29.6 Å². The average molecular weight is 542 g/mol. The fraction of sp³-hybridized carbons (Fsp3) is 0.333. The molecule has 1 atom stereocenters. The molecule has 0 saturated heterocycles. The van der Waals surface area contributed by atoms with Gasteiger partial charge in [0.15, 0.2) is 6.61 Å². The first-order chi connectivity index (χ1) is 17.8. The number of nitrogens with zero attached hydrogens (tertiary/aromatic N) is 1. The zero-order chi connectivity index (χ0) is 26.8. The Balaban J connectivity index is 1.89. The maximum Gasteiger partial charge on any atom is 0.261 e. The lowest BCUT2D eigenvalue weighted by molar-refractivity contribution is -0.142. The van der Waals surface area contributed by atoms with Crippen LogP contribution in [0.3, 0.4) is 0 Å². The summed E-state index contributed by atoms with van der Waals surface area (Å²) in [5.74, 6) is 0.0933. The number of benzene rings is 3. The van der Waals surface area contributed by atoms with E-state index in [0.29, 0.717) is 28.8 Å². The minimum Gasteiger partial charge on any atom is -0.484 e. The molecule has 0 saturated carbocycles. The molecule has 0 radical (unpaired) electrons. The van der Waals surface area contributed by atoms with Crippen molar-refractivity contribution in [1.82, 2.24) is 10.2 Å². The molecule has 37 heavy (non-hydrogen) atoms. The first-order valence-electron chi connectivity index (χ1n) is 12.5. The summed E-state index contributed by atoms with van der Waals surface area (Å²) in [5.41, 5.74) is 3.59. The van der Waals surface area contributed by atoms with Crippen molar-refractivity contribution in [2.24, 2.45) is 0 Å². The minimum absolute atomic E-state index is 0.183. The van der Waals surface area contributed by atoms with Gasteiger partial charge < -0.3 is 15.0 Å². The minimum atomic E-state index is -0.709. The zero-order valence-electron chi connectivity index (χ0n) is 21.6. The quantitative estimate of drug-likeness (QED) is 0.265. The van der Waals surface area contributed by atoms with Gasteiger partial charge in [0.2, 0.25) is 5.91 Å². The molecule has 3 rings (SSSR count). The molecule has 0 fully saturated rings. The lowest BCUT2D eigenvalue weighted by atomic mass is 10.0. The number of carbonyl (C=O) groups excluding carboxylic acids is 2. The fourth-order valence-corrected chi connectivity index (χ4v) is 4.30. The summed E-state index contributed by atoms with van der Waals surface area (Å²) in [5, 5.41) is 4.30. The SMILES string of the molecule is CCCCNC(=O)[C@@H](Cc1ccccc1)N(Cc1ccc(Cl)cc1)C(=O)COc1cc(C)c(Cl)c(C)c1. The number of carbonyl (C=O) groups is 2. The van der Waals surface area contributed by atoms with E-state index in [4.69, 9.17) is 27.9 Å². The fourth-order valence-electron chi connectivity index (χ4n) is 4.06. The molecule has 0 heterocycles. The molecular formula is C30H34Cl2N2O3. The third kappa shape index (κ3) is 8.51. The molecule has 1 N–H and O–H groups in total. The van der Waals surface area contributed by atoms with Crippen LogP contribution in [0.5, 0.6) is 5.75 Å². The predicted octanol–water partition coefficient (Wildman–Crippen LogP) is 6.55. The lowest BCUT2D eigenvalue weighted by Crippen LogP contribution is -2.51. The van der Waals surface area contributed by atoms with Crippen molar-refractivity contribution in [2.45, 2.75) is 52.6 Å². The van der Waals surface area contributed by atoms with Gasteiger partial charge in [0.25, 0.3) is 5.91 Å². The van der Waals surface area contributed by atoms with Gasteiger partial charge in [-0.15, -0.1) is 0 Å². The highest BCUT2D eigenvalue weighted by molar-refractivity contribution is 6.32. The molecule has 0 aromatic heterocycles. The molecule has 3 aromatic carbocycles. The average Bonchev–Trinajstić information content (AvgIpc) is 2.89. The van der Waals surface area contributed by atoms with E-state index >= 15 is 0 Å². The van der Waals surface area contributed by atoms with E-state index in [1.807, 2.05) is 68.4 Å². The molecule has 0 aliphatic heterocycles. The first-order valence-corrected chi connectivity index (χ1v) is 13.3. The molecule has 0 aliphatic carbocycles. The summed E-state index contributed by atoms with van der Waals surface area (Å²) in [4.78, 5) is 28.7. The smallest absolute Gasteiger partial charge is 0.261 e. The van der Waals surface area contributed by atoms with Crippen molar-refractivity contribution in [3.05, 3.63) is 99.0 Å². The van der Waals surface area contributed by atoms with E-state index in [1.165, 1.54) is 0 Å². The molecular weight excluding hydrogens is 507 g/mol. The molecule has 7 heteroatoms. The van der Waals surface area contributed by atoms with Crippen LogP contribution in [0, 0.1) is 13.8 Å². The van der Waals surface area contributed by atoms with Crippen LogP contribution in [0.2, 0.25) is 10.0 Å². The highest BCUT2D eigenvalue weighted by Gasteiger charge is 2.30. The summed E-state index contributed by atoms with van der Waals surface area (Å²) in [6.45, 7) is 6.46. The van der Waals surface area contributed by atoms with Crippen LogP contribution in [0.4, 0.5) is 0 Å². The summed E-state index contributed by atoms with van der Waals surface area (Å²) >= 11 is 12.4. The van der Waals surface area contributed by atoms with Crippen LogP contribution in [-0.4, -0.2) is 35.9 Å². The van der Waals surface area contributed by atoms with Crippen molar-refractivity contribution in [2.75, 3.05) is 13.2 Å². The Morgan fingerprint density at radius 2 is 1.59 bits per heavy atom. The van der Waals surface area contributed by atoms with Gasteiger partial charge in [-0.1, -0.05) is 79.0 Å². The molecule has 3 aromatic rings. The number of amides is 2. The summed E-state index contributed by atoms with van der Waals surface area (Å²) in [7, 11) is 0. The van der Waals surface area contributed by atoms with Crippen LogP contribution in [-0.2, 0) is 22.6 Å². The number of ether oxygens (including phenoxy) is 1. The van der Waals surface area contributed by atoms with Crippen LogP contribution in [0.1, 0.15) is 42.0 Å². The number of aryl methyl sites for hydroxylation is 2. The van der Waals surface area contributed by atoms with Gasteiger partial charge >= 0.3 is 0 Å². The van der Waals surface area contributed by atoms with Crippen molar-refractivity contribution in [3.63, 3.8) is 0 Å². The molecule has 5 nitrogen and oxygen atoms in total. The Bertz CT molecular complexity index is 1160. The third-order valence-electron chi connectivity index (χ3n) is 6.14. The molecule has 196 valence electrons. The Labute approximate surface area is 229 Å². The largest absolute Gasteiger partial charge is 0.484 e. The van der Waals surface area contributed by atoms with Gasteiger partial charge in [-0.2, -0.15) is 0 Å².